The SMILES string of the molecule is Cc1nccn1CC(C)C(=O)NC1CCN(Cc2cc(-c3ccccc3F)nn2C)CC1. The van der Waals surface area contributed by atoms with E-state index in [1.54, 1.807) is 18.3 Å². The molecule has 0 bridgehead atoms. The van der Waals surface area contributed by atoms with Crippen molar-refractivity contribution in [3.63, 3.8) is 0 Å². The summed E-state index contributed by atoms with van der Waals surface area (Å²) in [6.07, 6.45) is 5.51. The van der Waals surface area contributed by atoms with Crippen molar-refractivity contribution in [3.05, 3.63) is 60.1 Å². The van der Waals surface area contributed by atoms with Crippen LogP contribution in [-0.2, 0) is 24.9 Å². The molecule has 8 heteroatoms. The van der Waals surface area contributed by atoms with Gasteiger partial charge in [0.1, 0.15) is 11.6 Å². The van der Waals surface area contributed by atoms with Crippen LogP contribution >= 0.6 is 0 Å². The number of amides is 1. The minimum atomic E-state index is -0.258. The van der Waals surface area contributed by atoms with Crippen LogP contribution in [0.5, 0.6) is 0 Å². The van der Waals surface area contributed by atoms with Crippen LogP contribution in [0.2, 0.25) is 0 Å². The maximum atomic E-state index is 14.1. The molecular formula is C24H31FN6O. The van der Waals surface area contributed by atoms with Crippen molar-refractivity contribution in [2.45, 2.75) is 45.8 Å². The molecule has 1 saturated heterocycles. The van der Waals surface area contributed by atoms with Crippen LogP contribution in [0.25, 0.3) is 11.3 Å². The van der Waals surface area contributed by atoms with E-state index in [2.05, 4.69) is 20.3 Å². The van der Waals surface area contributed by atoms with E-state index >= 15 is 0 Å². The first-order valence-electron chi connectivity index (χ1n) is 11.2. The number of hydrogen-bond acceptors (Lipinski definition) is 4. The van der Waals surface area contributed by atoms with Gasteiger partial charge in [0.05, 0.1) is 17.3 Å². The molecule has 2 aromatic heterocycles. The van der Waals surface area contributed by atoms with Crippen LogP contribution in [0, 0.1) is 18.7 Å². The molecule has 1 atom stereocenters. The van der Waals surface area contributed by atoms with E-state index in [0.29, 0.717) is 17.8 Å². The van der Waals surface area contributed by atoms with E-state index in [9.17, 15) is 9.18 Å². The second-order valence-electron chi connectivity index (χ2n) is 8.71. The van der Waals surface area contributed by atoms with E-state index in [0.717, 1.165) is 44.0 Å². The van der Waals surface area contributed by atoms with Gasteiger partial charge in [-0.1, -0.05) is 19.1 Å². The molecule has 170 valence electrons. The van der Waals surface area contributed by atoms with E-state index in [4.69, 9.17) is 0 Å². The highest BCUT2D eigenvalue weighted by Gasteiger charge is 2.24. The fraction of sp³-hybridized carbons (Fsp3) is 0.458. The highest BCUT2D eigenvalue weighted by Crippen LogP contribution is 2.23. The Morgan fingerprint density at radius 1 is 1.28 bits per heavy atom. The number of carbonyl (C=O) groups excluding carboxylic acids is 1. The molecular weight excluding hydrogens is 407 g/mol. The Morgan fingerprint density at radius 2 is 2.03 bits per heavy atom. The summed E-state index contributed by atoms with van der Waals surface area (Å²) in [5, 5.41) is 7.72. The monoisotopic (exact) mass is 438 g/mol. The third kappa shape index (κ3) is 5.07. The molecule has 1 fully saturated rings. The number of hydrogen-bond donors (Lipinski definition) is 1. The predicted octanol–water partition coefficient (Wildman–Crippen LogP) is 3.15. The number of aromatic nitrogens is 4. The van der Waals surface area contributed by atoms with Crippen LogP contribution < -0.4 is 5.32 Å². The molecule has 0 saturated carbocycles. The van der Waals surface area contributed by atoms with Gasteiger partial charge in [-0.3, -0.25) is 14.4 Å². The van der Waals surface area contributed by atoms with Crippen molar-refractivity contribution in [2.75, 3.05) is 13.1 Å². The van der Waals surface area contributed by atoms with Gasteiger partial charge in [-0.15, -0.1) is 0 Å². The van der Waals surface area contributed by atoms with Crippen molar-refractivity contribution in [2.24, 2.45) is 13.0 Å². The number of nitrogens with zero attached hydrogens (tertiary/aromatic N) is 5. The largest absolute Gasteiger partial charge is 0.353 e. The lowest BCUT2D eigenvalue weighted by Gasteiger charge is -2.32. The average molecular weight is 439 g/mol. The summed E-state index contributed by atoms with van der Waals surface area (Å²) >= 11 is 0. The van der Waals surface area contributed by atoms with E-state index in [1.807, 2.05) is 48.5 Å². The first-order chi connectivity index (χ1) is 15.4. The molecule has 3 aromatic rings. The molecule has 0 radical (unpaired) electrons. The summed E-state index contributed by atoms with van der Waals surface area (Å²) in [6, 6.07) is 8.89. The first kappa shape index (κ1) is 22.2. The predicted molar refractivity (Wildman–Crippen MR) is 121 cm³/mol. The number of carbonyl (C=O) groups is 1. The summed E-state index contributed by atoms with van der Waals surface area (Å²) in [4.78, 5) is 19.2. The standard InChI is InChI=1S/C24H31FN6O/c1-17(15-31-13-10-26-18(31)2)24(32)27-19-8-11-30(12-9-19)16-20-14-23(28-29(20)3)21-6-4-5-7-22(21)25/h4-7,10,13-14,17,19H,8-9,11-12,15-16H2,1-3H3,(H,27,32). The number of piperidine rings is 1. The van der Waals surface area contributed by atoms with Gasteiger partial charge in [0.15, 0.2) is 0 Å². The molecule has 1 aliphatic rings. The molecule has 7 nitrogen and oxygen atoms in total. The van der Waals surface area contributed by atoms with Gasteiger partial charge in [0.25, 0.3) is 0 Å². The van der Waals surface area contributed by atoms with Crippen molar-refractivity contribution in [1.29, 1.82) is 0 Å². The normalized spacial score (nSPS) is 16.2. The Hall–Kier alpha value is -3.00. The van der Waals surface area contributed by atoms with Crippen molar-refractivity contribution in [3.8, 4) is 11.3 Å². The average Bonchev–Trinajstić information content (AvgIpc) is 3.35. The zero-order chi connectivity index (χ0) is 22.7. The van der Waals surface area contributed by atoms with Crippen molar-refractivity contribution in [1.82, 2.24) is 29.5 Å². The number of nitrogens with one attached hydrogen (secondary N) is 1. The topological polar surface area (TPSA) is 68.0 Å². The number of benzene rings is 1. The quantitative estimate of drug-likeness (QED) is 0.615. The van der Waals surface area contributed by atoms with E-state index < -0.39 is 0 Å². The van der Waals surface area contributed by atoms with Crippen molar-refractivity contribution < 1.29 is 9.18 Å². The van der Waals surface area contributed by atoms with Gasteiger partial charge in [0.2, 0.25) is 5.91 Å². The van der Waals surface area contributed by atoms with Crippen LogP contribution in [0.3, 0.4) is 0 Å². The minimum absolute atomic E-state index is 0.0951. The first-order valence-corrected chi connectivity index (χ1v) is 11.2. The maximum Gasteiger partial charge on any atom is 0.224 e. The lowest BCUT2D eigenvalue weighted by Crippen LogP contribution is -2.46. The summed E-state index contributed by atoms with van der Waals surface area (Å²) < 4.78 is 17.9. The molecule has 32 heavy (non-hydrogen) atoms. The van der Waals surface area contributed by atoms with Crippen LogP contribution in [0.1, 0.15) is 31.3 Å². The fourth-order valence-corrected chi connectivity index (χ4v) is 4.24. The second kappa shape index (κ2) is 9.65. The van der Waals surface area contributed by atoms with Gasteiger partial charge in [-0.05, 0) is 38.0 Å². The van der Waals surface area contributed by atoms with E-state index in [1.165, 1.54) is 6.07 Å². The highest BCUT2D eigenvalue weighted by molar-refractivity contribution is 5.78. The van der Waals surface area contributed by atoms with Crippen LogP contribution in [-0.4, -0.2) is 49.3 Å². The molecule has 3 heterocycles. The Balaban J connectivity index is 1.28. The number of aryl methyl sites for hydroxylation is 2. The number of rotatable bonds is 7. The third-order valence-corrected chi connectivity index (χ3v) is 6.29. The fourth-order valence-electron chi connectivity index (χ4n) is 4.24. The Morgan fingerprint density at radius 3 is 2.72 bits per heavy atom. The summed E-state index contributed by atoms with van der Waals surface area (Å²) in [7, 11) is 1.90. The number of imidazole rings is 1. The molecule has 1 amide bonds. The molecule has 1 aromatic carbocycles. The van der Waals surface area contributed by atoms with Crippen molar-refractivity contribution >= 4 is 5.91 Å². The Bertz CT molecular complexity index is 1070. The Labute approximate surface area is 188 Å². The lowest BCUT2D eigenvalue weighted by atomic mass is 10.0. The van der Waals surface area contributed by atoms with Gasteiger partial charge >= 0.3 is 0 Å². The number of likely N-dealkylation sites (tertiary alicyclic amines) is 1. The summed E-state index contributed by atoms with van der Waals surface area (Å²) in [5.41, 5.74) is 2.23. The van der Waals surface area contributed by atoms with Crippen LogP contribution in [0.4, 0.5) is 4.39 Å². The molecule has 1 N–H and O–H groups in total. The zero-order valence-corrected chi connectivity index (χ0v) is 19.0. The van der Waals surface area contributed by atoms with Gasteiger partial charge in [-0.2, -0.15) is 5.10 Å². The molecule has 4 rings (SSSR count). The summed E-state index contributed by atoms with van der Waals surface area (Å²) in [6.45, 7) is 7.11. The zero-order valence-electron chi connectivity index (χ0n) is 19.0. The lowest BCUT2D eigenvalue weighted by molar-refractivity contribution is -0.125. The maximum absolute atomic E-state index is 14.1. The minimum Gasteiger partial charge on any atom is -0.353 e. The summed E-state index contributed by atoms with van der Waals surface area (Å²) in [5.74, 6) is 0.655. The molecule has 0 aliphatic carbocycles. The Kier molecular flexibility index (Phi) is 6.69. The smallest absolute Gasteiger partial charge is 0.224 e. The molecule has 0 spiro atoms. The van der Waals surface area contributed by atoms with Gasteiger partial charge in [-0.25, -0.2) is 9.37 Å². The highest BCUT2D eigenvalue weighted by atomic mass is 19.1. The van der Waals surface area contributed by atoms with Gasteiger partial charge < -0.3 is 9.88 Å². The van der Waals surface area contributed by atoms with Gasteiger partial charge in [0, 0.05) is 57.2 Å². The molecule has 1 unspecified atom stereocenters. The molecule has 1 aliphatic heterocycles. The van der Waals surface area contributed by atoms with E-state index in [-0.39, 0.29) is 23.7 Å². The second-order valence-corrected chi connectivity index (χ2v) is 8.71. The number of halogens is 1. The van der Waals surface area contributed by atoms with Crippen LogP contribution in [0.15, 0.2) is 42.7 Å². The third-order valence-electron chi connectivity index (χ3n) is 6.29.